The Balaban J connectivity index is 0.946. The van der Waals surface area contributed by atoms with E-state index in [0.29, 0.717) is 32.1 Å². The second-order valence-corrected chi connectivity index (χ2v) is 25.1. The van der Waals surface area contributed by atoms with E-state index < -0.39 is 165 Å². The van der Waals surface area contributed by atoms with Crippen LogP contribution < -0.4 is 0 Å². The van der Waals surface area contributed by atoms with Crippen LogP contribution in [-0.4, -0.2) is 221 Å². The van der Waals surface area contributed by atoms with Crippen molar-refractivity contribution in [3.8, 4) is 0 Å². The van der Waals surface area contributed by atoms with Gasteiger partial charge in [0.2, 0.25) is 12.6 Å². The van der Waals surface area contributed by atoms with E-state index in [1.807, 2.05) is 13.8 Å². The molecule has 0 amide bonds. The van der Waals surface area contributed by atoms with Gasteiger partial charge in [-0.15, -0.1) is 0 Å². The molecule has 0 bridgehead atoms. The highest BCUT2D eigenvalue weighted by Gasteiger charge is 2.69. The number of ether oxygens (including phenoxy) is 8. The minimum absolute atomic E-state index is 0.0246. The summed E-state index contributed by atoms with van der Waals surface area (Å²) in [5.74, 6) is -1.25. The van der Waals surface area contributed by atoms with Gasteiger partial charge in [0.15, 0.2) is 12.6 Å². The molecule has 8 rings (SSSR count). The summed E-state index contributed by atoms with van der Waals surface area (Å²) in [5, 5.41) is 138. The third kappa shape index (κ3) is 10.9. The molecule has 0 radical (unpaired) electrons. The normalized spacial score (nSPS) is 51.5. The van der Waals surface area contributed by atoms with E-state index in [2.05, 4.69) is 33.9 Å². The van der Waals surface area contributed by atoms with Crippen LogP contribution in [0.2, 0.25) is 0 Å². The average Bonchev–Trinajstić information content (AvgIpc) is 3.95. The van der Waals surface area contributed by atoms with Crippen molar-refractivity contribution in [2.75, 3.05) is 19.8 Å². The molecule has 4 saturated heterocycles. The topological polar surface area (TPSA) is 371 Å². The molecule has 8 fully saturated rings. The Morgan fingerprint density at radius 3 is 1.78 bits per heavy atom. The SMILES string of the molecule is C=C(C)[C@@H]1CC[C@]2(C(=O)O[C@@H]3O[C@H](CO[C@@H]4O[C@H](CO)[C@@H](O[C@@H]5O[C@@H](C)[C@H](O)[C@@H](O)[C@H]5O)[C@H](O)[C@H]4O)[C@@H](O)[C@H](O)[C@H]3O)CC[C@]3(C)[C@H](CC[C@@H]4C[C@@](C)(CCC(=O)O[C@@H]5O[C@H](CO)[C@@H](O)[C@H](O)[C@H]5O)[C@H](C(=C)C)CC[C@]43C)[C@@H]12. The van der Waals surface area contributed by atoms with Crippen LogP contribution in [0.5, 0.6) is 0 Å². The number of allylic oxidation sites excluding steroid dienone is 2. The van der Waals surface area contributed by atoms with Crippen molar-refractivity contribution >= 4 is 11.9 Å². The van der Waals surface area contributed by atoms with Gasteiger partial charge in [0, 0.05) is 6.42 Å². The summed E-state index contributed by atoms with van der Waals surface area (Å²) in [6.07, 6.45) is -25.8. The quantitative estimate of drug-likeness (QED) is 0.0686. The van der Waals surface area contributed by atoms with Crippen LogP contribution in [0, 0.1) is 51.2 Å². The molecule has 8 aliphatic rings. The van der Waals surface area contributed by atoms with Gasteiger partial charge in [-0.05, 0) is 131 Å². The summed E-state index contributed by atoms with van der Waals surface area (Å²) in [5.41, 5.74) is -0.0178. The Morgan fingerprint density at radius 1 is 0.577 bits per heavy atom. The number of carbonyl (C=O) groups is 2. The minimum atomic E-state index is -1.89. The molecule has 4 aliphatic carbocycles. The van der Waals surface area contributed by atoms with Gasteiger partial charge in [-0.3, -0.25) is 9.59 Å². The first kappa shape index (κ1) is 61.7. The summed E-state index contributed by atoms with van der Waals surface area (Å²) in [4.78, 5) is 28.6. The van der Waals surface area contributed by atoms with Crippen LogP contribution in [0.15, 0.2) is 24.3 Å². The van der Waals surface area contributed by atoms with E-state index in [1.165, 1.54) is 6.92 Å². The summed E-state index contributed by atoms with van der Waals surface area (Å²) >= 11 is 0. The first-order chi connectivity index (χ1) is 36.6. The van der Waals surface area contributed by atoms with Crippen LogP contribution in [0.25, 0.3) is 0 Å². The number of rotatable bonds is 15. The molecule has 0 aromatic carbocycles. The highest BCUT2D eigenvalue weighted by atomic mass is 16.8. The molecule has 13 N–H and O–H groups in total. The second-order valence-electron chi connectivity index (χ2n) is 25.1. The third-order valence-corrected chi connectivity index (χ3v) is 20.7. The minimum Gasteiger partial charge on any atom is -0.433 e. The summed E-state index contributed by atoms with van der Waals surface area (Å²) < 4.78 is 45.8. The monoisotopic (exact) mass is 1120 g/mol. The van der Waals surface area contributed by atoms with E-state index in [0.717, 1.165) is 43.3 Å². The molecular weight excluding hydrogens is 1030 g/mol. The van der Waals surface area contributed by atoms with E-state index in [9.17, 15) is 71.2 Å². The van der Waals surface area contributed by atoms with E-state index >= 15 is 4.79 Å². The first-order valence-electron chi connectivity index (χ1n) is 27.9. The maximum absolute atomic E-state index is 15.1. The maximum atomic E-state index is 15.1. The number of carbonyl (C=O) groups excluding carboxylic acids is 2. The fraction of sp³-hybridized carbons (Fsp3) is 0.891. The zero-order valence-corrected chi connectivity index (χ0v) is 45.6. The molecular formula is C55H88O23. The Hall–Kier alpha value is -2.34. The second kappa shape index (κ2) is 23.7. The Labute approximate surface area is 455 Å². The standard InChI is InChI=1S/C55H88O23/c1-23(2)27-11-16-55(51(70)78-50-44(68)40(64)37(61)32(75-50)22-71-47-45(69)41(65)46(31(21-57)74-47)77-48-42(66)38(62)35(59)25(5)72-48)18-17-54(8)29(34(27)55)10-9-26-19-52(6,28(24(3)4)12-15-53(26,54)7)14-13-33(58)76-49-43(67)39(63)36(60)30(20-56)73-49/h25-32,34-50,56-57,59-69H,1,3,9-22H2,2,4-8H3/t25-,26+,27-,28-,29+,30+,31+,32+,34+,35-,36+,37+,38+,39-,40-,41+,42+,43+,44+,45+,46+,47+,48-,49-,50-,52+,53+,54+,55-/m0/s1. The number of hydrogen-bond donors (Lipinski definition) is 13. The molecule has 23 nitrogen and oxygen atoms in total. The predicted molar refractivity (Wildman–Crippen MR) is 268 cm³/mol. The Morgan fingerprint density at radius 2 is 1.15 bits per heavy atom. The van der Waals surface area contributed by atoms with Gasteiger partial charge in [0.25, 0.3) is 0 Å². The van der Waals surface area contributed by atoms with Crippen molar-refractivity contribution in [3.63, 3.8) is 0 Å². The van der Waals surface area contributed by atoms with Gasteiger partial charge in [-0.1, -0.05) is 45.1 Å². The summed E-state index contributed by atoms with van der Waals surface area (Å²) in [6.45, 7) is 19.1. The molecule has 0 spiro atoms. The molecule has 29 atom stereocenters. The molecule has 78 heavy (non-hydrogen) atoms. The van der Waals surface area contributed by atoms with Crippen LogP contribution in [0.4, 0.5) is 0 Å². The largest absolute Gasteiger partial charge is 0.433 e. The van der Waals surface area contributed by atoms with E-state index in [1.54, 1.807) is 0 Å². The number of aliphatic hydroxyl groups is 13. The van der Waals surface area contributed by atoms with Gasteiger partial charge in [0.1, 0.15) is 91.6 Å². The zero-order chi connectivity index (χ0) is 57.3. The molecule has 23 heteroatoms. The lowest BCUT2D eigenvalue weighted by Gasteiger charge is -2.65. The maximum Gasteiger partial charge on any atom is 0.314 e. The molecule has 4 aliphatic heterocycles. The smallest absolute Gasteiger partial charge is 0.314 e. The summed E-state index contributed by atoms with van der Waals surface area (Å²) in [7, 11) is 0. The van der Waals surface area contributed by atoms with Crippen molar-refractivity contribution < 1.29 is 114 Å². The van der Waals surface area contributed by atoms with Crippen molar-refractivity contribution in [1.29, 1.82) is 0 Å². The van der Waals surface area contributed by atoms with Gasteiger partial charge < -0.3 is 104 Å². The molecule has 4 heterocycles. The molecule has 446 valence electrons. The predicted octanol–water partition coefficient (Wildman–Crippen LogP) is -1.07. The molecule has 0 aromatic rings. The number of aliphatic hydroxyl groups excluding tert-OH is 13. The summed E-state index contributed by atoms with van der Waals surface area (Å²) in [6, 6.07) is 0. The van der Waals surface area contributed by atoms with Crippen LogP contribution in [-0.2, 0) is 47.5 Å². The van der Waals surface area contributed by atoms with Crippen molar-refractivity contribution in [2.24, 2.45) is 51.2 Å². The van der Waals surface area contributed by atoms with Crippen LogP contribution >= 0.6 is 0 Å². The number of esters is 2. The van der Waals surface area contributed by atoms with Gasteiger partial charge in [-0.25, -0.2) is 0 Å². The Kier molecular flexibility index (Phi) is 18.8. The highest BCUT2D eigenvalue weighted by Crippen LogP contribution is 2.74. The number of fused-ring (bicyclic) bond motifs is 5. The van der Waals surface area contributed by atoms with E-state index in [-0.39, 0.29) is 46.8 Å². The first-order valence-corrected chi connectivity index (χ1v) is 27.9. The molecule has 0 unspecified atom stereocenters. The zero-order valence-electron chi connectivity index (χ0n) is 45.6. The molecule has 4 saturated carbocycles. The van der Waals surface area contributed by atoms with Crippen molar-refractivity contribution in [3.05, 3.63) is 24.3 Å². The lowest BCUT2D eigenvalue weighted by Crippen LogP contribution is -2.64. The van der Waals surface area contributed by atoms with Crippen molar-refractivity contribution in [1.82, 2.24) is 0 Å². The Bertz CT molecular complexity index is 2130. The third-order valence-electron chi connectivity index (χ3n) is 20.7. The number of hydrogen-bond acceptors (Lipinski definition) is 23. The fourth-order valence-corrected chi connectivity index (χ4v) is 15.8. The van der Waals surface area contributed by atoms with Crippen LogP contribution in [0.1, 0.15) is 112 Å². The highest BCUT2D eigenvalue weighted by molar-refractivity contribution is 5.78. The van der Waals surface area contributed by atoms with Crippen molar-refractivity contribution in [2.45, 2.75) is 235 Å². The molecule has 0 aromatic heterocycles. The lowest BCUT2D eigenvalue weighted by atomic mass is 9.39. The van der Waals surface area contributed by atoms with Gasteiger partial charge >= 0.3 is 11.9 Å². The lowest BCUT2D eigenvalue weighted by molar-refractivity contribution is -0.361. The average molecular weight is 1120 g/mol. The van der Waals surface area contributed by atoms with Gasteiger partial charge in [-0.2, -0.15) is 0 Å². The van der Waals surface area contributed by atoms with Crippen LogP contribution in [0.3, 0.4) is 0 Å². The van der Waals surface area contributed by atoms with Gasteiger partial charge in [0.05, 0.1) is 31.3 Å². The van der Waals surface area contributed by atoms with E-state index in [4.69, 9.17) is 37.9 Å². The fourth-order valence-electron chi connectivity index (χ4n) is 15.8.